The minimum Gasteiger partial charge on any atom is -0.298 e. The first kappa shape index (κ1) is 17.8. The molecule has 0 spiro atoms. The Morgan fingerprint density at radius 1 is 1.38 bits per heavy atom. The molecular weight excluding hydrogens is 304 g/mol. The van der Waals surface area contributed by atoms with Gasteiger partial charge in [-0.1, -0.05) is 25.2 Å². The summed E-state index contributed by atoms with van der Waals surface area (Å²) in [5.41, 5.74) is 0. The van der Waals surface area contributed by atoms with Crippen LogP contribution in [-0.4, -0.2) is 32.9 Å². The molecule has 0 unspecified atom stereocenters. The molecule has 0 aliphatic carbocycles. The molecule has 1 N–H and O–H groups in total. The van der Waals surface area contributed by atoms with E-state index in [1.54, 1.807) is 11.3 Å². The number of nitrogens with zero attached hydrogens (tertiary/aromatic N) is 5. The Balaban J connectivity index is 2.91. The Hall–Kier alpha value is -1.28. The highest BCUT2D eigenvalue weighted by Crippen LogP contribution is 2.09. The van der Waals surface area contributed by atoms with Gasteiger partial charge in [0.2, 0.25) is 4.80 Å². The smallest absolute Gasteiger partial charge is 0.209 e. The van der Waals surface area contributed by atoms with E-state index in [1.807, 2.05) is 25.5 Å². The number of aryl methyl sites for hydroxylation is 2. The molecule has 0 aliphatic heterocycles. The zero-order valence-corrected chi connectivity index (χ0v) is 14.6. The van der Waals surface area contributed by atoms with Crippen molar-refractivity contribution in [1.82, 2.24) is 9.78 Å². The third-order valence-corrected chi connectivity index (χ3v) is 4.49. The van der Waals surface area contributed by atoms with Gasteiger partial charge in [-0.2, -0.15) is 5.10 Å². The van der Waals surface area contributed by atoms with Gasteiger partial charge in [0.25, 0.3) is 0 Å². The van der Waals surface area contributed by atoms with Crippen LogP contribution in [-0.2, 0) is 13.0 Å². The van der Waals surface area contributed by atoms with Crippen molar-refractivity contribution in [3.05, 3.63) is 9.81 Å². The lowest BCUT2D eigenvalue weighted by molar-refractivity contribution is 0.622. The van der Waals surface area contributed by atoms with E-state index in [0.29, 0.717) is 23.2 Å². The van der Waals surface area contributed by atoms with Gasteiger partial charge in [-0.05, 0) is 38.5 Å². The lowest BCUT2D eigenvalue weighted by Crippen LogP contribution is -2.15. The molecule has 0 amide bonds. The number of hydrogen-bond acceptors (Lipinski definition) is 5. The van der Waals surface area contributed by atoms with Crippen molar-refractivity contribution in [2.75, 3.05) is 6.54 Å². The van der Waals surface area contributed by atoms with Gasteiger partial charge in [-0.25, -0.2) is 14.7 Å². The van der Waals surface area contributed by atoms with Crippen LogP contribution in [0.5, 0.6) is 0 Å². The molecule has 1 aromatic rings. The number of amidine groups is 1. The second kappa shape index (κ2) is 9.62. The number of rotatable bonds is 5. The average molecular weight is 326 g/mol. The van der Waals surface area contributed by atoms with E-state index >= 15 is 0 Å². The monoisotopic (exact) mass is 326 g/mol. The maximum absolute atomic E-state index is 7.70. The van der Waals surface area contributed by atoms with Gasteiger partial charge in [-0.15, -0.1) is 0 Å². The summed E-state index contributed by atoms with van der Waals surface area (Å²) in [4.78, 5) is 13.7. The highest BCUT2D eigenvalue weighted by Gasteiger charge is 2.02. The maximum atomic E-state index is 7.70. The number of nitrogens with one attached hydrogen (secondary N) is 1. The van der Waals surface area contributed by atoms with Gasteiger partial charge in [-0.3, -0.25) is 10.4 Å². The average Bonchev–Trinajstić information content (AvgIpc) is 2.89. The number of thioether (sulfide) groups is 1. The summed E-state index contributed by atoms with van der Waals surface area (Å²) < 4.78 is 1.87. The Kier molecular flexibility index (Phi) is 8.14. The molecule has 0 aliphatic rings. The van der Waals surface area contributed by atoms with Crippen molar-refractivity contribution in [3.63, 3.8) is 0 Å². The van der Waals surface area contributed by atoms with Gasteiger partial charge in [0.05, 0.1) is 5.04 Å². The van der Waals surface area contributed by atoms with E-state index in [9.17, 15) is 0 Å². The number of aliphatic imine (C=N–C) groups is 2. The lowest BCUT2D eigenvalue weighted by atomic mass is 10.5. The molecule has 0 aromatic carbocycles. The van der Waals surface area contributed by atoms with Gasteiger partial charge in [0.15, 0.2) is 5.17 Å². The molecule has 0 saturated carbocycles. The van der Waals surface area contributed by atoms with Gasteiger partial charge in [0, 0.05) is 13.1 Å². The minimum atomic E-state index is 0.550. The molecule has 0 saturated heterocycles. The second-order valence-corrected chi connectivity index (χ2v) is 6.06. The fourth-order valence-corrected chi connectivity index (χ4v) is 2.87. The lowest BCUT2D eigenvalue weighted by Gasteiger charge is -1.98. The van der Waals surface area contributed by atoms with Crippen LogP contribution >= 0.6 is 23.1 Å². The third-order valence-electron chi connectivity index (χ3n) is 2.43. The molecule has 0 radical (unpaired) electrons. The van der Waals surface area contributed by atoms with Crippen LogP contribution < -0.4 is 4.80 Å². The van der Waals surface area contributed by atoms with Crippen LogP contribution in [0.15, 0.2) is 15.0 Å². The zero-order valence-electron chi connectivity index (χ0n) is 13.0. The predicted molar refractivity (Wildman–Crippen MR) is 92.8 cm³/mol. The summed E-state index contributed by atoms with van der Waals surface area (Å²) in [6.45, 7) is 9.44. The van der Waals surface area contributed by atoms with Crippen molar-refractivity contribution >= 4 is 39.6 Å². The van der Waals surface area contributed by atoms with Crippen LogP contribution in [0.2, 0.25) is 0 Å². The van der Waals surface area contributed by atoms with E-state index in [1.165, 1.54) is 18.1 Å². The Bertz CT molecular complexity index is 582. The predicted octanol–water partition coefficient (Wildman–Crippen LogP) is 2.95. The third kappa shape index (κ3) is 5.92. The van der Waals surface area contributed by atoms with Crippen molar-refractivity contribution in [3.8, 4) is 0 Å². The summed E-state index contributed by atoms with van der Waals surface area (Å²) in [5.74, 6) is 0. The molecule has 1 aromatic heterocycles. The van der Waals surface area contributed by atoms with E-state index in [4.69, 9.17) is 5.41 Å². The van der Waals surface area contributed by atoms with Gasteiger partial charge < -0.3 is 0 Å². The largest absolute Gasteiger partial charge is 0.298 e. The van der Waals surface area contributed by atoms with Crippen LogP contribution in [0.3, 0.4) is 0 Å². The molecule has 116 valence electrons. The SMILES string of the molecule is CCN=C(N=CN=c1sc(CC)nn1CC)SC(=N)CC. The highest BCUT2D eigenvalue weighted by molar-refractivity contribution is 8.26. The van der Waals surface area contributed by atoms with Crippen LogP contribution in [0.25, 0.3) is 0 Å². The summed E-state index contributed by atoms with van der Waals surface area (Å²) >= 11 is 2.85. The van der Waals surface area contributed by atoms with E-state index in [2.05, 4.69) is 27.0 Å². The first-order valence-electron chi connectivity index (χ1n) is 7.07. The maximum Gasteiger partial charge on any atom is 0.209 e. The van der Waals surface area contributed by atoms with Crippen molar-refractivity contribution in [2.45, 2.75) is 47.1 Å². The van der Waals surface area contributed by atoms with E-state index in [-0.39, 0.29) is 0 Å². The standard InChI is InChI=1S/C13H22N6S2/c1-5-10(14)20-12(15-7-3)16-9-17-13-19(8-4)18-11(6-2)21-13/h9,14H,5-8H2,1-4H3. The first-order chi connectivity index (χ1) is 10.1. The Morgan fingerprint density at radius 3 is 2.71 bits per heavy atom. The minimum absolute atomic E-state index is 0.550. The summed E-state index contributed by atoms with van der Waals surface area (Å²) in [5, 5.41) is 14.4. The summed E-state index contributed by atoms with van der Waals surface area (Å²) in [6, 6.07) is 0. The molecule has 21 heavy (non-hydrogen) atoms. The number of aromatic nitrogens is 2. The molecule has 0 bridgehead atoms. The molecule has 1 heterocycles. The Labute approximate surface area is 133 Å². The fraction of sp³-hybridized carbons (Fsp3) is 0.615. The van der Waals surface area contributed by atoms with Crippen molar-refractivity contribution < 1.29 is 0 Å². The first-order valence-corrected chi connectivity index (χ1v) is 8.70. The zero-order chi connectivity index (χ0) is 15.7. The molecule has 0 atom stereocenters. The molecular formula is C13H22N6S2. The topological polar surface area (TPSA) is 78.8 Å². The van der Waals surface area contributed by atoms with E-state index < -0.39 is 0 Å². The van der Waals surface area contributed by atoms with E-state index in [0.717, 1.165) is 22.8 Å². The fourth-order valence-electron chi connectivity index (χ4n) is 1.34. The normalized spacial score (nSPS) is 13.3. The quantitative estimate of drug-likeness (QED) is 0.667. The summed E-state index contributed by atoms with van der Waals surface area (Å²) in [6.07, 6.45) is 3.09. The van der Waals surface area contributed by atoms with Crippen LogP contribution in [0, 0.1) is 5.41 Å². The second-order valence-electron chi connectivity index (χ2n) is 3.96. The summed E-state index contributed by atoms with van der Waals surface area (Å²) in [7, 11) is 0. The molecule has 1 rings (SSSR count). The van der Waals surface area contributed by atoms with Crippen LogP contribution in [0.1, 0.15) is 39.1 Å². The molecule has 8 heteroatoms. The molecule has 6 nitrogen and oxygen atoms in total. The van der Waals surface area contributed by atoms with Crippen molar-refractivity contribution in [2.24, 2.45) is 15.0 Å². The van der Waals surface area contributed by atoms with Gasteiger partial charge in [0.1, 0.15) is 11.3 Å². The highest BCUT2D eigenvalue weighted by atomic mass is 32.2. The Morgan fingerprint density at radius 2 is 2.14 bits per heavy atom. The molecule has 0 fully saturated rings. The van der Waals surface area contributed by atoms with Crippen molar-refractivity contribution in [1.29, 1.82) is 5.41 Å². The van der Waals surface area contributed by atoms with Gasteiger partial charge >= 0.3 is 0 Å². The number of hydrogen-bond donors (Lipinski definition) is 1. The van der Waals surface area contributed by atoms with Crippen LogP contribution in [0.4, 0.5) is 0 Å².